The molecule has 0 aliphatic carbocycles. The average molecular weight is 216 g/mol. The average Bonchev–Trinajstić information content (AvgIpc) is 2.73. The fraction of sp³-hybridized carbons (Fsp3) is 0.333. The molecule has 84 valence electrons. The fourth-order valence-electron chi connectivity index (χ4n) is 1.58. The van der Waals surface area contributed by atoms with Crippen LogP contribution in [-0.4, -0.2) is 14.5 Å². The van der Waals surface area contributed by atoms with Crippen molar-refractivity contribution >= 4 is 0 Å². The molecule has 4 heteroatoms. The maximum absolute atomic E-state index is 4.27. The summed E-state index contributed by atoms with van der Waals surface area (Å²) in [4.78, 5) is 8.32. The molecule has 0 aliphatic rings. The maximum atomic E-state index is 4.27. The highest BCUT2D eigenvalue weighted by Crippen LogP contribution is 2.08. The lowest BCUT2D eigenvalue weighted by atomic mass is 10.2. The van der Waals surface area contributed by atoms with Gasteiger partial charge in [0.25, 0.3) is 0 Å². The van der Waals surface area contributed by atoms with Crippen LogP contribution in [0.4, 0.5) is 0 Å². The van der Waals surface area contributed by atoms with Crippen LogP contribution in [0, 0.1) is 0 Å². The summed E-state index contributed by atoms with van der Waals surface area (Å²) in [5.41, 5.74) is 2.25. The largest absolute Gasteiger partial charge is 0.357 e. The van der Waals surface area contributed by atoms with Crippen LogP contribution < -0.4 is 5.32 Å². The van der Waals surface area contributed by atoms with Crippen molar-refractivity contribution in [3.63, 3.8) is 0 Å². The normalized spacial score (nSPS) is 12.6. The van der Waals surface area contributed by atoms with Crippen LogP contribution >= 0.6 is 0 Å². The zero-order chi connectivity index (χ0) is 11.4. The van der Waals surface area contributed by atoms with E-state index in [1.165, 1.54) is 5.56 Å². The van der Waals surface area contributed by atoms with Crippen molar-refractivity contribution in [2.75, 3.05) is 0 Å². The maximum Gasteiger partial charge on any atom is 0.0753 e. The molecule has 0 radical (unpaired) electrons. The summed E-state index contributed by atoms with van der Waals surface area (Å²) in [5, 5.41) is 3.41. The second-order valence-corrected chi connectivity index (χ2v) is 3.92. The Kier molecular flexibility index (Phi) is 3.31. The summed E-state index contributed by atoms with van der Waals surface area (Å²) >= 11 is 0. The summed E-state index contributed by atoms with van der Waals surface area (Å²) in [5.74, 6) is 0. The van der Waals surface area contributed by atoms with Crippen LogP contribution in [0.2, 0.25) is 0 Å². The quantitative estimate of drug-likeness (QED) is 0.845. The van der Waals surface area contributed by atoms with Gasteiger partial charge in [-0.2, -0.15) is 0 Å². The summed E-state index contributed by atoms with van der Waals surface area (Å²) in [6.07, 6.45) is 9.35. The molecule has 1 N–H and O–H groups in total. The number of nitrogens with one attached hydrogen (secondary N) is 1. The van der Waals surface area contributed by atoms with Crippen molar-refractivity contribution in [3.05, 3.63) is 48.3 Å². The molecule has 0 spiro atoms. The molecule has 2 aromatic heterocycles. The molecule has 0 saturated carbocycles. The molecule has 1 atom stereocenters. The molecular weight excluding hydrogens is 200 g/mol. The van der Waals surface area contributed by atoms with Crippen molar-refractivity contribution in [1.82, 2.24) is 19.9 Å². The molecule has 0 amide bonds. The van der Waals surface area contributed by atoms with E-state index < -0.39 is 0 Å². The van der Waals surface area contributed by atoms with Gasteiger partial charge in [-0.05, 0) is 18.6 Å². The van der Waals surface area contributed by atoms with Gasteiger partial charge in [0.05, 0.1) is 5.69 Å². The monoisotopic (exact) mass is 216 g/mol. The Morgan fingerprint density at radius 1 is 1.44 bits per heavy atom. The van der Waals surface area contributed by atoms with E-state index in [1.54, 1.807) is 18.6 Å². The number of rotatable bonds is 4. The van der Waals surface area contributed by atoms with Crippen LogP contribution in [0.15, 0.2) is 37.1 Å². The van der Waals surface area contributed by atoms with E-state index in [1.807, 2.05) is 17.8 Å². The number of aromatic nitrogens is 3. The van der Waals surface area contributed by atoms with Gasteiger partial charge in [0.1, 0.15) is 0 Å². The van der Waals surface area contributed by atoms with E-state index in [0.717, 1.165) is 12.2 Å². The molecule has 0 saturated heterocycles. The van der Waals surface area contributed by atoms with Gasteiger partial charge in [0, 0.05) is 50.6 Å². The minimum Gasteiger partial charge on any atom is -0.357 e. The second kappa shape index (κ2) is 4.90. The molecular formula is C12H16N4. The SMILES string of the molecule is CC(NCc1ccn(C)c1)c1cnccn1. The van der Waals surface area contributed by atoms with Crippen molar-refractivity contribution in [2.45, 2.75) is 19.5 Å². The molecule has 16 heavy (non-hydrogen) atoms. The number of hydrogen-bond acceptors (Lipinski definition) is 3. The minimum atomic E-state index is 0.217. The first-order chi connectivity index (χ1) is 7.75. The number of aryl methyl sites for hydroxylation is 1. The lowest BCUT2D eigenvalue weighted by Gasteiger charge is -2.11. The summed E-state index contributed by atoms with van der Waals surface area (Å²) < 4.78 is 2.05. The fourth-order valence-corrected chi connectivity index (χ4v) is 1.58. The van der Waals surface area contributed by atoms with Gasteiger partial charge in [0.15, 0.2) is 0 Å². The van der Waals surface area contributed by atoms with Gasteiger partial charge in [-0.1, -0.05) is 0 Å². The smallest absolute Gasteiger partial charge is 0.0753 e. The van der Waals surface area contributed by atoms with Gasteiger partial charge in [-0.3, -0.25) is 9.97 Å². The third-order valence-electron chi connectivity index (χ3n) is 2.53. The Morgan fingerprint density at radius 3 is 2.94 bits per heavy atom. The van der Waals surface area contributed by atoms with Gasteiger partial charge < -0.3 is 9.88 Å². The first kappa shape index (κ1) is 10.8. The molecule has 2 aromatic rings. The standard InChI is InChI=1S/C12H16N4/c1-10(12-8-13-4-5-14-12)15-7-11-3-6-16(2)9-11/h3-6,8-10,15H,7H2,1-2H3. The van der Waals surface area contributed by atoms with Crippen molar-refractivity contribution in [3.8, 4) is 0 Å². The van der Waals surface area contributed by atoms with Gasteiger partial charge >= 0.3 is 0 Å². The lowest BCUT2D eigenvalue weighted by molar-refractivity contribution is 0.559. The highest BCUT2D eigenvalue weighted by Gasteiger charge is 2.05. The molecule has 0 aromatic carbocycles. The molecule has 0 fully saturated rings. The zero-order valence-electron chi connectivity index (χ0n) is 9.59. The van der Waals surface area contributed by atoms with Crippen molar-refractivity contribution in [1.29, 1.82) is 0 Å². The third-order valence-corrected chi connectivity index (χ3v) is 2.53. The van der Waals surface area contributed by atoms with Crippen LogP contribution in [0.3, 0.4) is 0 Å². The predicted octanol–water partition coefficient (Wildman–Crippen LogP) is 1.67. The second-order valence-electron chi connectivity index (χ2n) is 3.92. The number of hydrogen-bond donors (Lipinski definition) is 1. The zero-order valence-corrected chi connectivity index (χ0v) is 9.59. The van der Waals surface area contributed by atoms with Crippen LogP contribution in [0.25, 0.3) is 0 Å². The van der Waals surface area contributed by atoms with E-state index in [0.29, 0.717) is 0 Å². The topological polar surface area (TPSA) is 42.7 Å². The Bertz CT molecular complexity index is 435. The van der Waals surface area contributed by atoms with Gasteiger partial charge in [-0.25, -0.2) is 0 Å². The van der Waals surface area contributed by atoms with E-state index >= 15 is 0 Å². The molecule has 0 bridgehead atoms. The van der Waals surface area contributed by atoms with E-state index in [4.69, 9.17) is 0 Å². The lowest BCUT2D eigenvalue weighted by Crippen LogP contribution is -2.18. The van der Waals surface area contributed by atoms with Crippen molar-refractivity contribution < 1.29 is 0 Å². The Morgan fingerprint density at radius 2 is 2.31 bits per heavy atom. The minimum absolute atomic E-state index is 0.217. The Balaban J connectivity index is 1.91. The Labute approximate surface area is 95.4 Å². The van der Waals surface area contributed by atoms with Crippen LogP contribution in [0.1, 0.15) is 24.2 Å². The first-order valence-corrected chi connectivity index (χ1v) is 5.36. The highest BCUT2D eigenvalue weighted by molar-refractivity contribution is 5.10. The van der Waals surface area contributed by atoms with Crippen LogP contribution in [0.5, 0.6) is 0 Å². The highest BCUT2D eigenvalue weighted by atomic mass is 15.0. The van der Waals surface area contributed by atoms with E-state index in [9.17, 15) is 0 Å². The molecule has 0 aliphatic heterocycles. The predicted molar refractivity (Wildman–Crippen MR) is 62.7 cm³/mol. The molecule has 1 unspecified atom stereocenters. The summed E-state index contributed by atoms with van der Waals surface area (Å²) in [6.45, 7) is 2.94. The third kappa shape index (κ3) is 2.67. The summed E-state index contributed by atoms with van der Waals surface area (Å²) in [7, 11) is 2.02. The van der Waals surface area contributed by atoms with Crippen molar-refractivity contribution in [2.24, 2.45) is 7.05 Å². The van der Waals surface area contributed by atoms with E-state index in [2.05, 4.69) is 34.5 Å². The van der Waals surface area contributed by atoms with Crippen LogP contribution in [-0.2, 0) is 13.6 Å². The molecule has 2 rings (SSSR count). The van der Waals surface area contributed by atoms with E-state index in [-0.39, 0.29) is 6.04 Å². The Hall–Kier alpha value is -1.68. The number of nitrogens with zero attached hydrogens (tertiary/aromatic N) is 3. The van der Waals surface area contributed by atoms with Gasteiger partial charge in [-0.15, -0.1) is 0 Å². The first-order valence-electron chi connectivity index (χ1n) is 5.36. The molecule has 4 nitrogen and oxygen atoms in total. The summed E-state index contributed by atoms with van der Waals surface area (Å²) in [6, 6.07) is 2.32. The van der Waals surface area contributed by atoms with Gasteiger partial charge in [0.2, 0.25) is 0 Å². The molecule has 2 heterocycles.